The molecule has 0 unspecified atom stereocenters. The third-order valence-electron chi connectivity index (χ3n) is 4.76. The first-order chi connectivity index (χ1) is 14.8. The SMILES string of the molecule is Cc1ccc(-c2c(C#N)c(N)nc3sc(/C([O-])=N/c4c[n+](C(C)C)no4)c(N)c23)cc1. The van der Waals surface area contributed by atoms with Gasteiger partial charge in [-0.3, -0.25) is 4.52 Å². The Morgan fingerprint density at radius 1 is 1.29 bits per heavy atom. The Bertz CT molecular complexity index is 1360. The van der Waals surface area contributed by atoms with Gasteiger partial charge in [-0.1, -0.05) is 29.8 Å². The number of aromatic nitrogens is 3. The van der Waals surface area contributed by atoms with Crippen LogP contribution in [0.4, 0.5) is 17.4 Å². The Morgan fingerprint density at radius 2 is 2.00 bits per heavy atom. The van der Waals surface area contributed by atoms with Crippen molar-refractivity contribution >= 4 is 44.8 Å². The smallest absolute Gasteiger partial charge is 0.320 e. The number of pyridine rings is 1. The van der Waals surface area contributed by atoms with Crippen LogP contribution in [0.15, 0.2) is 40.0 Å². The Balaban J connectivity index is 1.92. The van der Waals surface area contributed by atoms with Gasteiger partial charge in [0.25, 0.3) is 6.20 Å². The predicted molar refractivity (Wildman–Crippen MR) is 117 cm³/mol. The van der Waals surface area contributed by atoms with E-state index in [1.54, 1.807) is 4.68 Å². The Kier molecular flexibility index (Phi) is 5.04. The van der Waals surface area contributed by atoms with Gasteiger partial charge in [-0.15, -0.1) is 11.3 Å². The van der Waals surface area contributed by atoms with Gasteiger partial charge < -0.3 is 16.6 Å². The summed E-state index contributed by atoms with van der Waals surface area (Å²) in [5.41, 5.74) is 15.2. The van der Waals surface area contributed by atoms with Gasteiger partial charge >= 0.3 is 5.88 Å². The molecule has 0 saturated heterocycles. The highest BCUT2D eigenvalue weighted by Gasteiger charge is 2.22. The molecular weight excluding hydrogens is 414 g/mol. The van der Waals surface area contributed by atoms with Gasteiger partial charge in [0.15, 0.2) is 6.04 Å². The molecular formula is C21H19N7O2S. The van der Waals surface area contributed by atoms with Crippen molar-refractivity contribution < 1.29 is 14.3 Å². The van der Waals surface area contributed by atoms with E-state index >= 15 is 0 Å². The molecule has 0 aliphatic heterocycles. The number of benzene rings is 1. The summed E-state index contributed by atoms with van der Waals surface area (Å²) >= 11 is 1.07. The lowest BCUT2D eigenvalue weighted by Gasteiger charge is -2.10. The van der Waals surface area contributed by atoms with Gasteiger partial charge in [0, 0.05) is 16.8 Å². The minimum absolute atomic E-state index is 0.0610. The van der Waals surface area contributed by atoms with E-state index < -0.39 is 5.90 Å². The van der Waals surface area contributed by atoms with Gasteiger partial charge in [-0.25, -0.2) is 9.98 Å². The van der Waals surface area contributed by atoms with E-state index in [0.29, 0.717) is 15.8 Å². The third-order valence-corrected chi connectivity index (χ3v) is 5.85. The molecule has 3 heterocycles. The maximum atomic E-state index is 12.9. The quantitative estimate of drug-likeness (QED) is 0.285. The molecule has 0 spiro atoms. The average Bonchev–Trinajstić information content (AvgIpc) is 3.32. The van der Waals surface area contributed by atoms with E-state index in [2.05, 4.69) is 21.3 Å². The van der Waals surface area contributed by atoms with Crippen LogP contribution in [-0.2, 0) is 0 Å². The summed E-state index contributed by atoms with van der Waals surface area (Å²) in [7, 11) is 0. The van der Waals surface area contributed by atoms with Gasteiger partial charge in [-0.2, -0.15) is 5.26 Å². The number of nitrogens with two attached hydrogens (primary N) is 2. The molecule has 4 rings (SSSR count). The fraction of sp³-hybridized carbons (Fsp3) is 0.190. The summed E-state index contributed by atoms with van der Waals surface area (Å²) < 4.78 is 6.66. The molecule has 0 radical (unpaired) electrons. The van der Waals surface area contributed by atoms with Crippen molar-refractivity contribution in [2.45, 2.75) is 26.8 Å². The highest BCUT2D eigenvalue weighted by molar-refractivity contribution is 7.21. The minimum atomic E-state index is -0.584. The van der Waals surface area contributed by atoms with Crippen LogP contribution in [0, 0.1) is 18.3 Å². The van der Waals surface area contributed by atoms with Crippen LogP contribution in [0.1, 0.15) is 35.9 Å². The van der Waals surface area contributed by atoms with E-state index in [0.717, 1.165) is 22.5 Å². The Labute approximate surface area is 181 Å². The van der Waals surface area contributed by atoms with Gasteiger partial charge in [0.1, 0.15) is 22.3 Å². The van der Waals surface area contributed by atoms with Crippen LogP contribution in [-0.4, -0.2) is 16.2 Å². The number of aryl methyl sites for hydroxylation is 1. The second-order valence-corrected chi connectivity index (χ2v) is 8.28. The van der Waals surface area contributed by atoms with Crippen molar-refractivity contribution in [3.63, 3.8) is 0 Å². The van der Waals surface area contributed by atoms with Crippen molar-refractivity contribution in [3.8, 4) is 17.2 Å². The summed E-state index contributed by atoms with van der Waals surface area (Å²) in [6.45, 7) is 5.82. The Hall–Kier alpha value is -3.97. The number of nitrogen functional groups attached to an aromatic ring is 2. The van der Waals surface area contributed by atoms with E-state index in [1.165, 1.54) is 6.20 Å². The number of anilines is 2. The first-order valence-electron chi connectivity index (χ1n) is 9.43. The lowest BCUT2D eigenvalue weighted by molar-refractivity contribution is -0.779. The Morgan fingerprint density at radius 3 is 2.61 bits per heavy atom. The van der Waals surface area contributed by atoms with E-state index in [4.69, 9.17) is 16.0 Å². The highest BCUT2D eigenvalue weighted by Crippen LogP contribution is 2.42. The fourth-order valence-corrected chi connectivity index (χ4v) is 4.14. The molecule has 0 fully saturated rings. The number of fused-ring (bicyclic) bond motifs is 1. The van der Waals surface area contributed by atoms with E-state index in [1.807, 2.05) is 45.0 Å². The summed E-state index contributed by atoms with van der Waals surface area (Å²) in [6.07, 6.45) is 1.54. The second-order valence-electron chi connectivity index (χ2n) is 7.28. The number of nitrogens with zero attached hydrogens (tertiary/aromatic N) is 5. The minimum Gasteiger partial charge on any atom is -0.857 e. The average molecular weight is 433 g/mol. The molecule has 31 heavy (non-hydrogen) atoms. The number of thiophene rings is 1. The molecule has 0 bridgehead atoms. The molecule has 10 heteroatoms. The molecule has 3 aromatic heterocycles. The number of nitriles is 1. The molecule has 4 N–H and O–H groups in total. The molecule has 0 amide bonds. The van der Waals surface area contributed by atoms with E-state index in [9.17, 15) is 10.4 Å². The molecule has 4 aromatic rings. The standard InChI is InChI=1S/C21H19N7O2S/c1-10(2)28-9-14(30-27-28)25-20(29)18-17(23)16-15(12-6-4-11(3)5-7-12)13(8-22)19(24)26-21(16)31-18/h4-7,9-10H,1-3H3,(H4-,23,24,25,26,27,29). The molecule has 0 saturated carbocycles. The first-order valence-corrected chi connectivity index (χ1v) is 10.2. The normalized spacial score (nSPS) is 11.9. The van der Waals surface area contributed by atoms with Crippen molar-refractivity contribution in [2.75, 3.05) is 11.5 Å². The van der Waals surface area contributed by atoms with Crippen LogP contribution in [0.5, 0.6) is 0 Å². The van der Waals surface area contributed by atoms with Crippen LogP contribution < -0.4 is 21.3 Å². The molecule has 156 valence electrons. The third kappa shape index (κ3) is 3.55. The zero-order valence-corrected chi connectivity index (χ0v) is 17.9. The van der Waals surface area contributed by atoms with Crippen LogP contribution in [0.3, 0.4) is 0 Å². The number of hydrogen-bond donors (Lipinski definition) is 2. The zero-order chi connectivity index (χ0) is 22.3. The van der Waals surface area contributed by atoms with E-state index in [-0.39, 0.29) is 33.9 Å². The van der Waals surface area contributed by atoms with Crippen LogP contribution >= 0.6 is 11.3 Å². The zero-order valence-electron chi connectivity index (χ0n) is 17.1. The van der Waals surface area contributed by atoms with Gasteiger partial charge in [0.2, 0.25) is 5.27 Å². The summed E-state index contributed by atoms with van der Waals surface area (Å²) in [5, 5.41) is 26.9. The molecule has 9 nitrogen and oxygen atoms in total. The summed E-state index contributed by atoms with van der Waals surface area (Å²) in [4.78, 5) is 8.94. The maximum absolute atomic E-state index is 12.9. The topological polar surface area (TPSA) is 154 Å². The van der Waals surface area contributed by atoms with Gasteiger partial charge in [0.05, 0.1) is 10.6 Å². The fourth-order valence-electron chi connectivity index (χ4n) is 3.14. The highest BCUT2D eigenvalue weighted by atomic mass is 32.1. The maximum Gasteiger partial charge on any atom is 0.320 e. The lowest BCUT2D eigenvalue weighted by atomic mass is 9.96. The van der Waals surface area contributed by atoms with Gasteiger partial charge in [-0.05, 0) is 31.0 Å². The van der Waals surface area contributed by atoms with Crippen molar-refractivity contribution in [1.82, 2.24) is 10.3 Å². The molecule has 0 aliphatic carbocycles. The molecule has 1 aromatic carbocycles. The van der Waals surface area contributed by atoms with Crippen molar-refractivity contribution in [1.29, 1.82) is 5.26 Å². The number of rotatable bonds is 4. The number of hydrogen-bond acceptors (Lipinski definition) is 9. The van der Waals surface area contributed by atoms with Crippen LogP contribution in [0.25, 0.3) is 21.3 Å². The predicted octanol–water partition coefficient (Wildman–Crippen LogP) is 2.60. The molecule has 0 atom stereocenters. The molecule has 0 aliphatic rings. The first kappa shape index (κ1) is 20.3. The summed E-state index contributed by atoms with van der Waals surface area (Å²) in [6, 6.07) is 9.79. The van der Waals surface area contributed by atoms with Crippen molar-refractivity contribution in [3.05, 3.63) is 46.5 Å². The largest absolute Gasteiger partial charge is 0.857 e. The monoisotopic (exact) mass is 433 g/mol. The number of aliphatic imine (C=N–C) groups is 1. The summed E-state index contributed by atoms with van der Waals surface area (Å²) in [5.74, 6) is -0.435. The van der Waals surface area contributed by atoms with Crippen LogP contribution in [0.2, 0.25) is 0 Å². The lowest BCUT2D eigenvalue weighted by Crippen LogP contribution is -2.36. The second kappa shape index (κ2) is 7.70. The van der Waals surface area contributed by atoms with Crippen molar-refractivity contribution in [2.24, 2.45) is 4.99 Å².